The Kier molecular flexibility index (Phi) is 4.86. The molecule has 0 aromatic heterocycles. The van der Waals surface area contributed by atoms with Crippen LogP contribution in [-0.2, 0) is 14.3 Å². The van der Waals surface area contributed by atoms with Gasteiger partial charge in [-0.05, 0) is 48.0 Å². The molecule has 3 amide bonds. The average molecular weight is 300 g/mol. The van der Waals surface area contributed by atoms with Gasteiger partial charge in [-0.1, -0.05) is 0 Å². The van der Waals surface area contributed by atoms with Gasteiger partial charge in [0.2, 0.25) is 0 Å². The molecule has 0 aliphatic carbocycles. The predicted octanol–water partition coefficient (Wildman–Crippen LogP) is 2.70. The standard InChI is InChI=1S/C14H24N2O5/c1-13(2,3)20-11(18)15-9-7-8-10(17)16(15)12(19)21-14(4,5)6/h7-9H2,1-6H3. The van der Waals surface area contributed by atoms with Crippen LogP contribution in [-0.4, -0.2) is 45.9 Å². The van der Waals surface area contributed by atoms with Crippen LogP contribution >= 0.6 is 0 Å². The zero-order chi connectivity index (χ0) is 16.4. The maximum Gasteiger partial charge on any atom is 0.436 e. The quantitative estimate of drug-likeness (QED) is 0.687. The minimum absolute atomic E-state index is 0.193. The lowest BCUT2D eigenvalue weighted by Gasteiger charge is -2.37. The lowest BCUT2D eigenvalue weighted by Crippen LogP contribution is -2.57. The van der Waals surface area contributed by atoms with Gasteiger partial charge in [0.1, 0.15) is 11.2 Å². The van der Waals surface area contributed by atoms with Crippen molar-refractivity contribution in [2.75, 3.05) is 6.54 Å². The van der Waals surface area contributed by atoms with Crippen molar-refractivity contribution in [1.29, 1.82) is 0 Å². The van der Waals surface area contributed by atoms with Gasteiger partial charge in [0.05, 0.1) is 0 Å². The fraction of sp³-hybridized carbons (Fsp3) is 0.786. The summed E-state index contributed by atoms with van der Waals surface area (Å²) >= 11 is 0. The average Bonchev–Trinajstić information content (AvgIpc) is 2.23. The highest BCUT2D eigenvalue weighted by Gasteiger charge is 2.39. The number of hydrogen-bond acceptors (Lipinski definition) is 5. The van der Waals surface area contributed by atoms with Crippen LogP contribution in [0.5, 0.6) is 0 Å². The van der Waals surface area contributed by atoms with Gasteiger partial charge in [0.15, 0.2) is 0 Å². The van der Waals surface area contributed by atoms with Gasteiger partial charge in [0.25, 0.3) is 5.91 Å². The zero-order valence-corrected chi connectivity index (χ0v) is 13.6. The second-order valence-electron chi connectivity index (χ2n) is 6.89. The summed E-state index contributed by atoms with van der Waals surface area (Å²) in [6, 6.07) is 0. The van der Waals surface area contributed by atoms with E-state index in [1.54, 1.807) is 41.5 Å². The van der Waals surface area contributed by atoms with Crippen LogP contribution in [0.3, 0.4) is 0 Å². The fourth-order valence-corrected chi connectivity index (χ4v) is 1.71. The molecule has 1 saturated heterocycles. The second-order valence-corrected chi connectivity index (χ2v) is 6.89. The molecular weight excluding hydrogens is 276 g/mol. The summed E-state index contributed by atoms with van der Waals surface area (Å²) < 4.78 is 10.4. The Balaban J connectivity index is 2.91. The molecular formula is C14H24N2O5. The van der Waals surface area contributed by atoms with Crippen molar-refractivity contribution >= 4 is 18.1 Å². The van der Waals surface area contributed by atoms with Crippen molar-refractivity contribution in [1.82, 2.24) is 10.0 Å². The summed E-state index contributed by atoms with van der Waals surface area (Å²) in [4.78, 5) is 36.3. The first-order chi connectivity index (χ1) is 9.41. The first-order valence-corrected chi connectivity index (χ1v) is 6.97. The van der Waals surface area contributed by atoms with E-state index in [1.165, 1.54) is 0 Å². The Morgan fingerprint density at radius 1 is 0.952 bits per heavy atom. The topological polar surface area (TPSA) is 76.2 Å². The van der Waals surface area contributed by atoms with Gasteiger partial charge < -0.3 is 9.47 Å². The van der Waals surface area contributed by atoms with Crippen molar-refractivity contribution in [2.45, 2.75) is 65.6 Å². The largest absolute Gasteiger partial charge is 0.442 e. The van der Waals surface area contributed by atoms with Crippen molar-refractivity contribution in [3.05, 3.63) is 0 Å². The zero-order valence-electron chi connectivity index (χ0n) is 13.6. The molecule has 1 aliphatic heterocycles. The van der Waals surface area contributed by atoms with Crippen molar-refractivity contribution in [3.63, 3.8) is 0 Å². The Hall–Kier alpha value is -1.79. The third-order valence-electron chi connectivity index (χ3n) is 2.41. The normalized spacial score (nSPS) is 16.8. The molecule has 21 heavy (non-hydrogen) atoms. The number of carbonyl (C=O) groups excluding carboxylic acids is 3. The number of carbonyl (C=O) groups is 3. The number of nitrogens with zero attached hydrogens (tertiary/aromatic N) is 2. The van der Waals surface area contributed by atoms with Crippen LogP contribution in [0.4, 0.5) is 9.59 Å². The van der Waals surface area contributed by atoms with E-state index >= 15 is 0 Å². The molecule has 1 rings (SSSR count). The molecule has 0 spiro atoms. The minimum atomic E-state index is -0.863. The highest BCUT2D eigenvalue weighted by atomic mass is 16.6. The van der Waals surface area contributed by atoms with E-state index in [0.29, 0.717) is 6.42 Å². The summed E-state index contributed by atoms with van der Waals surface area (Å²) in [5.41, 5.74) is -1.47. The first-order valence-electron chi connectivity index (χ1n) is 6.97. The number of hydrazine groups is 1. The number of hydrogen-bond donors (Lipinski definition) is 0. The maximum atomic E-state index is 12.1. The number of ether oxygens (including phenoxy) is 2. The number of rotatable bonds is 0. The molecule has 7 nitrogen and oxygen atoms in total. The Bertz CT molecular complexity index is 434. The van der Waals surface area contributed by atoms with E-state index in [1.807, 2.05) is 0 Å². The van der Waals surface area contributed by atoms with Crippen LogP contribution in [0.1, 0.15) is 54.4 Å². The fourth-order valence-electron chi connectivity index (χ4n) is 1.71. The SMILES string of the molecule is CC(C)(C)OC(=O)N1CCCC(=O)N1C(=O)OC(C)(C)C. The molecule has 0 radical (unpaired) electrons. The Morgan fingerprint density at radius 3 is 1.90 bits per heavy atom. The summed E-state index contributed by atoms with van der Waals surface area (Å²) in [5, 5.41) is 1.74. The molecule has 7 heteroatoms. The predicted molar refractivity (Wildman–Crippen MR) is 75.3 cm³/mol. The Morgan fingerprint density at radius 2 is 1.43 bits per heavy atom. The highest BCUT2D eigenvalue weighted by molar-refractivity contribution is 5.94. The van der Waals surface area contributed by atoms with Crippen molar-refractivity contribution < 1.29 is 23.9 Å². The summed E-state index contributed by atoms with van der Waals surface area (Å²) in [7, 11) is 0. The Labute approximate surface area is 125 Å². The second kappa shape index (κ2) is 5.91. The molecule has 0 saturated carbocycles. The molecule has 0 aromatic carbocycles. The smallest absolute Gasteiger partial charge is 0.436 e. The summed E-state index contributed by atoms with van der Waals surface area (Å²) in [6.45, 7) is 10.5. The van der Waals surface area contributed by atoms with Gasteiger partial charge in [-0.25, -0.2) is 14.6 Å². The van der Waals surface area contributed by atoms with Crippen LogP contribution in [0.25, 0.3) is 0 Å². The van der Waals surface area contributed by atoms with Gasteiger partial charge in [0, 0.05) is 13.0 Å². The first kappa shape index (κ1) is 17.3. The highest BCUT2D eigenvalue weighted by Crippen LogP contribution is 2.20. The molecule has 0 bridgehead atoms. The van der Waals surface area contributed by atoms with E-state index in [9.17, 15) is 14.4 Å². The van der Waals surface area contributed by atoms with Crippen LogP contribution in [0, 0.1) is 0 Å². The molecule has 0 N–H and O–H groups in total. The lowest BCUT2D eigenvalue weighted by molar-refractivity contribution is -0.150. The van der Waals surface area contributed by atoms with E-state index in [0.717, 1.165) is 10.0 Å². The molecule has 1 heterocycles. The summed E-state index contributed by atoms with van der Waals surface area (Å²) in [5.74, 6) is -0.471. The van der Waals surface area contributed by atoms with Gasteiger partial charge in [-0.15, -0.1) is 5.01 Å². The van der Waals surface area contributed by atoms with E-state index in [4.69, 9.17) is 9.47 Å². The van der Waals surface area contributed by atoms with Gasteiger partial charge in [-0.3, -0.25) is 4.79 Å². The van der Waals surface area contributed by atoms with Crippen molar-refractivity contribution in [3.8, 4) is 0 Å². The molecule has 120 valence electrons. The molecule has 1 fully saturated rings. The molecule has 0 aromatic rings. The van der Waals surface area contributed by atoms with Crippen LogP contribution < -0.4 is 0 Å². The minimum Gasteiger partial charge on any atom is -0.442 e. The van der Waals surface area contributed by atoms with E-state index in [-0.39, 0.29) is 13.0 Å². The van der Waals surface area contributed by atoms with Gasteiger partial charge in [-0.2, -0.15) is 0 Å². The number of imide groups is 1. The third kappa shape index (κ3) is 5.24. The van der Waals surface area contributed by atoms with Crippen LogP contribution in [0.15, 0.2) is 0 Å². The monoisotopic (exact) mass is 300 g/mol. The van der Waals surface area contributed by atoms with E-state index < -0.39 is 29.3 Å². The van der Waals surface area contributed by atoms with Crippen molar-refractivity contribution in [2.24, 2.45) is 0 Å². The van der Waals surface area contributed by atoms with Crippen LogP contribution in [0.2, 0.25) is 0 Å². The molecule has 0 unspecified atom stereocenters. The summed E-state index contributed by atoms with van der Waals surface area (Å²) in [6.07, 6.45) is -0.921. The lowest BCUT2D eigenvalue weighted by atomic mass is 10.2. The molecule has 1 aliphatic rings. The van der Waals surface area contributed by atoms with Gasteiger partial charge >= 0.3 is 12.2 Å². The number of amides is 3. The maximum absolute atomic E-state index is 12.1. The van der Waals surface area contributed by atoms with E-state index in [2.05, 4.69) is 0 Å². The molecule has 0 atom stereocenters. The third-order valence-corrected chi connectivity index (χ3v) is 2.41.